The van der Waals surface area contributed by atoms with E-state index >= 15 is 0 Å². The molecular formula is C22H28BrN3O2S. The summed E-state index contributed by atoms with van der Waals surface area (Å²) in [4.78, 5) is 4.66. The van der Waals surface area contributed by atoms with Gasteiger partial charge in [0.15, 0.2) is 0 Å². The van der Waals surface area contributed by atoms with Gasteiger partial charge in [0.2, 0.25) is 5.13 Å². The van der Waals surface area contributed by atoms with Gasteiger partial charge in [0.05, 0.1) is 18.2 Å². The summed E-state index contributed by atoms with van der Waals surface area (Å²) in [6, 6.07) is 7.72. The summed E-state index contributed by atoms with van der Waals surface area (Å²) in [5.41, 5.74) is 6.29. The molecule has 2 heterocycles. The van der Waals surface area contributed by atoms with E-state index in [4.69, 9.17) is 4.42 Å². The molecule has 29 heavy (non-hydrogen) atoms. The smallest absolute Gasteiger partial charge is 0.203 e. The van der Waals surface area contributed by atoms with Crippen LogP contribution in [-0.4, -0.2) is 16.3 Å². The zero-order chi connectivity index (χ0) is 20.5. The van der Waals surface area contributed by atoms with Crippen molar-refractivity contribution in [3.05, 3.63) is 52.8 Å². The number of hydrazone groups is 1. The van der Waals surface area contributed by atoms with E-state index in [0.717, 1.165) is 22.4 Å². The van der Waals surface area contributed by atoms with Gasteiger partial charge in [-0.3, -0.25) is 5.43 Å². The molecule has 2 N–H and O–H groups in total. The number of phenolic OH excluding ortho intramolecular Hbond substituents is 1. The van der Waals surface area contributed by atoms with Crippen LogP contribution in [0.15, 0.2) is 45.4 Å². The first-order valence-corrected chi connectivity index (χ1v) is 10.1. The molecule has 0 saturated carbocycles. The average molecular weight is 478 g/mol. The van der Waals surface area contributed by atoms with Gasteiger partial charge in [0.1, 0.15) is 11.5 Å². The monoisotopic (exact) mass is 477 g/mol. The molecule has 2 aromatic heterocycles. The maximum Gasteiger partial charge on any atom is 0.203 e. The van der Waals surface area contributed by atoms with Crippen LogP contribution in [0.4, 0.5) is 5.13 Å². The molecule has 0 radical (unpaired) electrons. The van der Waals surface area contributed by atoms with Crippen molar-refractivity contribution in [1.82, 2.24) is 4.98 Å². The van der Waals surface area contributed by atoms with Gasteiger partial charge in [0.25, 0.3) is 0 Å². The molecule has 0 unspecified atom stereocenters. The fourth-order valence-corrected chi connectivity index (χ4v) is 3.57. The van der Waals surface area contributed by atoms with Gasteiger partial charge < -0.3 is 9.52 Å². The van der Waals surface area contributed by atoms with Crippen LogP contribution >= 0.6 is 28.3 Å². The highest BCUT2D eigenvalue weighted by Crippen LogP contribution is 2.42. The highest BCUT2D eigenvalue weighted by molar-refractivity contribution is 8.93. The van der Waals surface area contributed by atoms with Gasteiger partial charge in [-0.2, -0.15) is 5.10 Å². The first-order valence-electron chi connectivity index (χ1n) is 9.22. The van der Waals surface area contributed by atoms with E-state index in [-0.39, 0.29) is 27.8 Å². The van der Waals surface area contributed by atoms with Crippen molar-refractivity contribution in [2.45, 2.75) is 52.4 Å². The maximum absolute atomic E-state index is 10.9. The lowest BCUT2D eigenvalue weighted by Gasteiger charge is -2.28. The number of thiazole rings is 1. The molecule has 0 aliphatic carbocycles. The molecule has 5 nitrogen and oxygen atoms in total. The Bertz CT molecular complexity index is 945. The van der Waals surface area contributed by atoms with Gasteiger partial charge in [-0.25, -0.2) is 4.98 Å². The lowest BCUT2D eigenvalue weighted by atomic mass is 9.78. The summed E-state index contributed by atoms with van der Waals surface area (Å²) in [5, 5.41) is 17.7. The fraction of sp³-hybridized carbons (Fsp3) is 0.364. The Labute approximate surface area is 186 Å². The van der Waals surface area contributed by atoms with E-state index in [1.807, 2.05) is 29.6 Å². The summed E-state index contributed by atoms with van der Waals surface area (Å²) in [5.74, 6) is 1.05. The van der Waals surface area contributed by atoms with Crippen molar-refractivity contribution >= 4 is 39.7 Å². The molecule has 0 fully saturated rings. The summed E-state index contributed by atoms with van der Waals surface area (Å²) >= 11 is 1.48. The Morgan fingerprint density at radius 1 is 1.10 bits per heavy atom. The molecule has 3 rings (SSSR count). The number of anilines is 1. The lowest BCUT2D eigenvalue weighted by molar-refractivity contribution is 0.423. The zero-order valence-electron chi connectivity index (χ0n) is 17.6. The number of hydrogen-bond donors (Lipinski definition) is 2. The predicted molar refractivity (Wildman–Crippen MR) is 127 cm³/mol. The number of nitrogens with one attached hydrogen (secondary N) is 1. The van der Waals surface area contributed by atoms with Gasteiger partial charge in [-0.1, -0.05) is 41.5 Å². The third kappa shape index (κ3) is 5.48. The quantitative estimate of drug-likeness (QED) is 0.322. The first kappa shape index (κ1) is 23.2. The van der Waals surface area contributed by atoms with E-state index in [9.17, 15) is 5.11 Å². The molecule has 0 spiro atoms. The molecular weight excluding hydrogens is 450 g/mol. The Hall–Kier alpha value is -2.12. The van der Waals surface area contributed by atoms with Gasteiger partial charge >= 0.3 is 0 Å². The van der Waals surface area contributed by atoms with Crippen molar-refractivity contribution in [2.75, 3.05) is 5.43 Å². The van der Waals surface area contributed by atoms with Crippen molar-refractivity contribution in [3.8, 4) is 17.0 Å². The summed E-state index contributed by atoms with van der Waals surface area (Å²) in [6.45, 7) is 12.6. The lowest BCUT2D eigenvalue weighted by Crippen LogP contribution is -2.17. The van der Waals surface area contributed by atoms with Crippen LogP contribution in [-0.2, 0) is 10.8 Å². The Morgan fingerprint density at radius 2 is 1.72 bits per heavy atom. The Kier molecular flexibility index (Phi) is 6.96. The summed E-state index contributed by atoms with van der Waals surface area (Å²) < 4.78 is 5.22. The van der Waals surface area contributed by atoms with Crippen molar-refractivity contribution in [2.24, 2.45) is 5.10 Å². The largest absolute Gasteiger partial charge is 0.507 e. The number of nitrogens with zero attached hydrogens (tertiary/aromatic N) is 2. The number of rotatable bonds is 4. The fourth-order valence-electron chi connectivity index (χ4n) is 2.90. The highest BCUT2D eigenvalue weighted by Gasteiger charge is 2.27. The van der Waals surface area contributed by atoms with Gasteiger partial charge in [0, 0.05) is 22.1 Å². The van der Waals surface area contributed by atoms with E-state index < -0.39 is 0 Å². The number of hydrogen-bond acceptors (Lipinski definition) is 6. The molecule has 0 aliphatic rings. The van der Waals surface area contributed by atoms with E-state index in [1.54, 1.807) is 12.5 Å². The summed E-state index contributed by atoms with van der Waals surface area (Å²) in [6.07, 6.45) is 3.21. The standard InChI is InChI=1S/C22H27N3O2S.BrH/c1-21(2,3)16-10-14(11-17(19(16)26)22(4,5)6)18-13-28-20(24-18)25-23-12-15-8-7-9-27-15;/h7-13,26H,1-6H3,(H,24,25);1H/b23-12+;. The molecule has 1 aromatic carbocycles. The minimum atomic E-state index is -0.176. The minimum absolute atomic E-state index is 0. The third-order valence-corrected chi connectivity index (χ3v) is 5.17. The average Bonchev–Trinajstić information content (AvgIpc) is 3.25. The topological polar surface area (TPSA) is 70.7 Å². The van der Waals surface area contributed by atoms with Crippen LogP contribution < -0.4 is 5.43 Å². The molecule has 0 aliphatic heterocycles. The molecule has 3 aromatic rings. The van der Waals surface area contributed by atoms with Crippen LogP contribution in [0.1, 0.15) is 58.4 Å². The second-order valence-electron chi connectivity index (χ2n) is 8.84. The second-order valence-corrected chi connectivity index (χ2v) is 9.70. The van der Waals surface area contributed by atoms with Crippen molar-refractivity contribution < 1.29 is 9.52 Å². The normalized spacial score (nSPS) is 12.2. The third-order valence-electron chi connectivity index (χ3n) is 4.42. The van der Waals surface area contributed by atoms with Crippen LogP contribution in [0.3, 0.4) is 0 Å². The SMILES string of the molecule is Br.CC(C)(C)c1cc(-c2csc(N/N=C/c3ccco3)n2)cc(C(C)(C)C)c1O. The second kappa shape index (κ2) is 8.71. The molecule has 0 amide bonds. The first-order chi connectivity index (χ1) is 13.1. The van der Waals surface area contributed by atoms with Crippen LogP contribution in [0.25, 0.3) is 11.3 Å². The molecule has 7 heteroatoms. The van der Waals surface area contributed by atoms with Gasteiger partial charge in [-0.15, -0.1) is 28.3 Å². The number of phenols is 1. The number of aromatic hydroxyl groups is 1. The Balaban J connectivity index is 0.00000300. The molecule has 0 atom stereocenters. The number of furan rings is 1. The van der Waals surface area contributed by atoms with Crippen molar-refractivity contribution in [1.29, 1.82) is 0 Å². The maximum atomic E-state index is 10.9. The van der Waals surface area contributed by atoms with Crippen molar-refractivity contribution in [3.63, 3.8) is 0 Å². The summed E-state index contributed by atoms with van der Waals surface area (Å²) in [7, 11) is 0. The Morgan fingerprint density at radius 3 is 2.24 bits per heavy atom. The number of benzene rings is 1. The molecule has 0 saturated heterocycles. The molecule has 0 bridgehead atoms. The van der Waals surface area contributed by atoms with Crippen LogP contribution in [0.2, 0.25) is 0 Å². The highest BCUT2D eigenvalue weighted by atomic mass is 79.9. The predicted octanol–water partition coefficient (Wildman–Crippen LogP) is 6.73. The van der Waals surface area contributed by atoms with E-state index in [0.29, 0.717) is 16.6 Å². The molecule has 156 valence electrons. The number of halogens is 1. The minimum Gasteiger partial charge on any atom is -0.507 e. The zero-order valence-corrected chi connectivity index (χ0v) is 20.1. The van der Waals surface area contributed by atoms with Crippen LogP contribution in [0, 0.1) is 0 Å². The van der Waals surface area contributed by atoms with Gasteiger partial charge in [-0.05, 0) is 35.1 Å². The number of aromatic nitrogens is 1. The van der Waals surface area contributed by atoms with E-state index in [2.05, 4.69) is 57.1 Å². The van der Waals surface area contributed by atoms with Crippen LogP contribution in [0.5, 0.6) is 5.75 Å². The van der Waals surface area contributed by atoms with E-state index in [1.165, 1.54) is 11.3 Å².